The Morgan fingerprint density at radius 3 is 2.79 bits per heavy atom. The van der Waals surface area contributed by atoms with Gasteiger partial charge in [0.05, 0.1) is 6.10 Å². The number of alkyl halides is 1. The topological polar surface area (TPSA) is 46.5 Å². The fourth-order valence-corrected chi connectivity index (χ4v) is 2.71. The molecule has 0 heterocycles. The van der Waals surface area contributed by atoms with Crippen molar-refractivity contribution in [3.8, 4) is 0 Å². The molecule has 0 amide bonds. The van der Waals surface area contributed by atoms with E-state index in [0.29, 0.717) is 23.1 Å². The van der Waals surface area contributed by atoms with Gasteiger partial charge in [0.15, 0.2) is 0 Å². The molecule has 82 valence electrons. The molecule has 1 rings (SSSR count). The van der Waals surface area contributed by atoms with E-state index in [1.165, 1.54) is 19.3 Å². The predicted octanol–water partition coefficient (Wildman–Crippen LogP) is 2.61. The molecular weight excluding hydrogens is 295 g/mol. The van der Waals surface area contributed by atoms with Crippen molar-refractivity contribution in [3.63, 3.8) is 0 Å². The molecule has 0 aromatic carbocycles. The third-order valence-electron chi connectivity index (χ3n) is 2.49. The third kappa shape index (κ3) is 4.59. The first kappa shape index (κ1) is 12.2. The maximum Gasteiger partial charge on any atom is 0.303 e. The van der Waals surface area contributed by atoms with Gasteiger partial charge in [-0.1, -0.05) is 35.4 Å². The van der Waals surface area contributed by atoms with Gasteiger partial charge in [-0.3, -0.25) is 4.79 Å². The number of aliphatic carboxylic acids is 1. The summed E-state index contributed by atoms with van der Waals surface area (Å²) in [6.07, 6.45) is 6.16. The van der Waals surface area contributed by atoms with E-state index >= 15 is 0 Å². The standard InChI is InChI=1S/C10H17IO3/c11-8-4-1-2-5-9(8)14-7-3-6-10(12)13/h8-9H,1-7H2,(H,12,13). The Labute approximate surface area is 98.3 Å². The highest BCUT2D eigenvalue weighted by Crippen LogP contribution is 2.27. The van der Waals surface area contributed by atoms with Gasteiger partial charge in [0.25, 0.3) is 0 Å². The van der Waals surface area contributed by atoms with Gasteiger partial charge in [-0.2, -0.15) is 0 Å². The second kappa shape index (κ2) is 6.61. The minimum absolute atomic E-state index is 0.221. The molecule has 0 radical (unpaired) electrons. The van der Waals surface area contributed by atoms with Gasteiger partial charge in [-0.25, -0.2) is 0 Å². The van der Waals surface area contributed by atoms with Gasteiger partial charge in [0.1, 0.15) is 0 Å². The number of halogens is 1. The van der Waals surface area contributed by atoms with Crippen molar-refractivity contribution in [2.75, 3.05) is 6.61 Å². The Balaban J connectivity index is 2.07. The zero-order valence-corrected chi connectivity index (χ0v) is 10.4. The van der Waals surface area contributed by atoms with Crippen LogP contribution >= 0.6 is 22.6 Å². The van der Waals surface area contributed by atoms with E-state index < -0.39 is 5.97 Å². The van der Waals surface area contributed by atoms with Gasteiger partial charge in [-0.15, -0.1) is 0 Å². The molecule has 1 saturated carbocycles. The number of hydrogen-bond acceptors (Lipinski definition) is 2. The molecule has 2 atom stereocenters. The van der Waals surface area contributed by atoms with Crippen molar-refractivity contribution in [1.82, 2.24) is 0 Å². The van der Waals surface area contributed by atoms with Gasteiger partial charge < -0.3 is 9.84 Å². The number of hydrogen-bond donors (Lipinski definition) is 1. The maximum absolute atomic E-state index is 10.3. The lowest BCUT2D eigenvalue weighted by molar-refractivity contribution is -0.137. The quantitative estimate of drug-likeness (QED) is 0.482. The third-order valence-corrected chi connectivity index (χ3v) is 3.91. The zero-order valence-electron chi connectivity index (χ0n) is 8.25. The fraction of sp³-hybridized carbons (Fsp3) is 0.900. The molecule has 1 aliphatic carbocycles. The highest BCUT2D eigenvalue weighted by molar-refractivity contribution is 14.1. The molecular formula is C10H17IO3. The molecule has 4 heteroatoms. The summed E-state index contributed by atoms with van der Waals surface area (Å²) in [5, 5.41) is 8.45. The summed E-state index contributed by atoms with van der Waals surface area (Å²) in [5.74, 6) is -0.733. The molecule has 1 N–H and O–H groups in total. The Hall–Kier alpha value is 0.160. The number of rotatable bonds is 5. The van der Waals surface area contributed by atoms with E-state index in [1.54, 1.807) is 0 Å². The smallest absolute Gasteiger partial charge is 0.303 e. The Morgan fingerprint density at radius 2 is 2.14 bits per heavy atom. The number of carboxylic acid groups (broad SMARTS) is 1. The van der Waals surface area contributed by atoms with Crippen LogP contribution in [0.2, 0.25) is 0 Å². The SMILES string of the molecule is O=C(O)CCCOC1CCCCC1I. The summed E-state index contributed by atoms with van der Waals surface area (Å²) in [4.78, 5) is 10.3. The molecule has 2 unspecified atom stereocenters. The largest absolute Gasteiger partial charge is 0.481 e. The van der Waals surface area contributed by atoms with Crippen LogP contribution in [0.4, 0.5) is 0 Å². The first-order valence-electron chi connectivity index (χ1n) is 5.17. The molecule has 1 aliphatic rings. The van der Waals surface area contributed by atoms with Gasteiger partial charge in [0, 0.05) is 17.0 Å². The van der Waals surface area contributed by atoms with Crippen LogP contribution in [0.15, 0.2) is 0 Å². The van der Waals surface area contributed by atoms with E-state index in [2.05, 4.69) is 22.6 Å². The van der Waals surface area contributed by atoms with Crippen molar-refractivity contribution in [1.29, 1.82) is 0 Å². The summed E-state index contributed by atoms with van der Waals surface area (Å²) in [6, 6.07) is 0. The molecule has 1 fully saturated rings. The second-order valence-corrected chi connectivity index (χ2v) is 5.31. The molecule has 0 saturated heterocycles. The number of carboxylic acids is 1. The minimum atomic E-state index is -0.733. The zero-order chi connectivity index (χ0) is 10.4. The summed E-state index contributed by atoms with van der Waals surface area (Å²) < 4.78 is 6.29. The van der Waals surface area contributed by atoms with Crippen LogP contribution < -0.4 is 0 Å². The molecule has 0 aromatic rings. The first-order valence-corrected chi connectivity index (χ1v) is 6.42. The summed E-state index contributed by atoms with van der Waals surface area (Å²) in [5.41, 5.74) is 0. The van der Waals surface area contributed by atoms with Crippen LogP contribution in [0.3, 0.4) is 0 Å². The Bertz CT molecular complexity index is 184. The average molecular weight is 312 g/mol. The summed E-state index contributed by atoms with van der Waals surface area (Å²) >= 11 is 2.44. The minimum Gasteiger partial charge on any atom is -0.481 e. The summed E-state index contributed by atoms with van der Waals surface area (Å²) in [6.45, 7) is 0.594. The van der Waals surface area contributed by atoms with Crippen molar-refractivity contribution in [3.05, 3.63) is 0 Å². The average Bonchev–Trinajstić information content (AvgIpc) is 2.15. The molecule has 3 nitrogen and oxygen atoms in total. The van der Waals surface area contributed by atoms with Gasteiger partial charge >= 0.3 is 5.97 Å². The maximum atomic E-state index is 10.3. The molecule has 0 aliphatic heterocycles. The van der Waals surface area contributed by atoms with Crippen LogP contribution in [0, 0.1) is 0 Å². The highest BCUT2D eigenvalue weighted by Gasteiger charge is 2.22. The van der Waals surface area contributed by atoms with Crippen LogP contribution in [-0.4, -0.2) is 27.7 Å². The van der Waals surface area contributed by atoms with Gasteiger partial charge in [0.2, 0.25) is 0 Å². The van der Waals surface area contributed by atoms with E-state index in [0.717, 1.165) is 6.42 Å². The molecule has 0 aromatic heterocycles. The van der Waals surface area contributed by atoms with Crippen molar-refractivity contribution in [2.24, 2.45) is 0 Å². The van der Waals surface area contributed by atoms with Gasteiger partial charge in [-0.05, 0) is 19.3 Å². The van der Waals surface area contributed by atoms with E-state index in [1.807, 2.05) is 0 Å². The normalized spacial score (nSPS) is 27.5. The van der Waals surface area contributed by atoms with Crippen molar-refractivity contribution >= 4 is 28.6 Å². The first-order chi connectivity index (χ1) is 6.70. The lowest BCUT2D eigenvalue weighted by atomic mass is 9.98. The van der Waals surface area contributed by atoms with E-state index in [4.69, 9.17) is 9.84 Å². The second-order valence-electron chi connectivity index (χ2n) is 3.71. The van der Waals surface area contributed by atoms with Crippen molar-refractivity contribution in [2.45, 2.75) is 48.6 Å². The molecule has 0 bridgehead atoms. The lowest BCUT2D eigenvalue weighted by Crippen LogP contribution is -2.28. The number of carbonyl (C=O) groups is 1. The van der Waals surface area contributed by atoms with E-state index in [-0.39, 0.29) is 6.42 Å². The monoisotopic (exact) mass is 312 g/mol. The van der Waals surface area contributed by atoms with Crippen LogP contribution in [0.1, 0.15) is 38.5 Å². The lowest BCUT2D eigenvalue weighted by Gasteiger charge is -2.27. The van der Waals surface area contributed by atoms with Crippen LogP contribution in [0.25, 0.3) is 0 Å². The van der Waals surface area contributed by atoms with Crippen LogP contribution in [-0.2, 0) is 9.53 Å². The predicted molar refractivity (Wildman–Crippen MR) is 62.9 cm³/mol. The Morgan fingerprint density at radius 1 is 1.43 bits per heavy atom. The summed E-state index contributed by atoms with van der Waals surface area (Å²) in [7, 11) is 0. The highest BCUT2D eigenvalue weighted by atomic mass is 127. The Kier molecular flexibility index (Phi) is 5.77. The molecule has 14 heavy (non-hydrogen) atoms. The van der Waals surface area contributed by atoms with Crippen molar-refractivity contribution < 1.29 is 14.6 Å². The van der Waals surface area contributed by atoms with E-state index in [9.17, 15) is 4.79 Å². The fourth-order valence-electron chi connectivity index (χ4n) is 1.70. The molecule has 0 spiro atoms. The van der Waals surface area contributed by atoms with Crippen LogP contribution in [0.5, 0.6) is 0 Å². The number of ether oxygens (including phenoxy) is 1.